The summed E-state index contributed by atoms with van der Waals surface area (Å²) in [7, 11) is 0. The number of anilines is 1. The Bertz CT molecular complexity index is 534. The zero-order valence-corrected chi connectivity index (χ0v) is 13.6. The molecule has 3 fully saturated rings. The molecule has 0 radical (unpaired) electrons. The molecule has 0 N–H and O–H groups in total. The van der Waals surface area contributed by atoms with Crippen LogP contribution in [-0.2, 0) is 4.74 Å². The summed E-state index contributed by atoms with van der Waals surface area (Å²) in [4.78, 5) is 13.3. The predicted molar refractivity (Wildman–Crippen MR) is 85.9 cm³/mol. The van der Waals surface area contributed by atoms with Gasteiger partial charge in [0, 0.05) is 44.3 Å². The van der Waals surface area contributed by atoms with E-state index in [-0.39, 0.29) is 5.82 Å². The fourth-order valence-electron chi connectivity index (χ4n) is 4.51. The van der Waals surface area contributed by atoms with Crippen molar-refractivity contribution in [2.24, 2.45) is 5.41 Å². The first-order valence-electron chi connectivity index (χ1n) is 8.78. The molecule has 3 saturated heterocycles. The summed E-state index contributed by atoms with van der Waals surface area (Å²) in [6.45, 7) is 6.16. The molecule has 0 amide bonds. The standard InChI is InChI=1S/C17H25FN4O/c18-14-10-19-16(20-11-14)22-6-1-4-17(13-22)5-7-21(12-17)15-2-8-23-9-3-15/h10-11,15H,1-9,12-13H2/t17-/m0/s1. The lowest BCUT2D eigenvalue weighted by Crippen LogP contribution is -2.47. The summed E-state index contributed by atoms with van der Waals surface area (Å²) in [5.74, 6) is 0.307. The number of rotatable bonds is 2. The Balaban J connectivity index is 1.43. The van der Waals surface area contributed by atoms with Crippen molar-refractivity contribution in [2.45, 2.75) is 38.1 Å². The van der Waals surface area contributed by atoms with E-state index in [2.05, 4.69) is 19.8 Å². The van der Waals surface area contributed by atoms with Crippen molar-refractivity contribution in [3.05, 3.63) is 18.2 Å². The van der Waals surface area contributed by atoms with E-state index < -0.39 is 0 Å². The molecule has 0 unspecified atom stereocenters. The molecule has 3 aliphatic heterocycles. The lowest BCUT2D eigenvalue weighted by Gasteiger charge is -2.41. The molecule has 5 nitrogen and oxygen atoms in total. The molecule has 3 aliphatic rings. The normalized spacial score (nSPS) is 30.2. The highest BCUT2D eigenvalue weighted by Gasteiger charge is 2.43. The predicted octanol–water partition coefficient (Wildman–Crippen LogP) is 2.09. The maximum atomic E-state index is 13.0. The summed E-state index contributed by atoms with van der Waals surface area (Å²) in [5, 5.41) is 0. The van der Waals surface area contributed by atoms with Crippen LogP contribution in [0.3, 0.4) is 0 Å². The molecule has 1 spiro atoms. The van der Waals surface area contributed by atoms with Crippen LogP contribution in [0.5, 0.6) is 0 Å². The van der Waals surface area contributed by atoms with Crippen molar-refractivity contribution in [3.8, 4) is 0 Å². The smallest absolute Gasteiger partial charge is 0.225 e. The largest absolute Gasteiger partial charge is 0.381 e. The van der Waals surface area contributed by atoms with Crippen LogP contribution >= 0.6 is 0 Å². The van der Waals surface area contributed by atoms with E-state index in [1.54, 1.807) is 0 Å². The van der Waals surface area contributed by atoms with E-state index in [0.717, 1.165) is 26.3 Å². The maximum absolute atomic E-state index is 13.0. The number of aromatic nitrogens is 2. The molecule has 0 aromatic carbocycles. The first kappa shape index (κ1) is 15.3. The van der Waals surface area contributed by atoms with Gasteiger partial charge < -0.3 is 9.64 Å². The van der Waals surface area contributed by atoms with Crippen LogP contribution in [0.2, 0.25) is 0 Å². The number of likely N-dealkylation sites (tertiary alicyclic amines) is 1. The number of nitrogens with zero attached hydrogens (tertiary/aromatic N) is 4. The molecule has 0 bridgehead atoms. The minimum atomic E-state index is -0.368. The highest BCUT2D eigenvalue weighted by molar-refractivity contribution is 5.30. The first-order chi connectivity index (χ1) is 11.2. The monoisotopic (exact) mass is 320 g/mol. The lowest BCUT2D eigenvalue weighted by atomic mass is 9.79. The second-order valence-electron chi connectivity index (χ2n) is 7.29. The van der Waals surface area contributed by atoms with E-state index in [9.17, 15) is 4.39 Å². The number of piperidine rings is 1. The summed E-state index contributed by atoms with van der Waals surface area (Å²) in [6, 6.07) is 0.695. The van der Waals surface area contributed by atoms with E-state index in [1.165, 1.54) is 57.6 Å². The third-order valence-electron chi connectivity index (χ3n) is 5.73. The molecule has 1 aromatic rings. The second kappa shape index (κ2) is 6.32. The molecule has 0 aliphatic carbocycles. The third-order valence-corrected chi connectivity index (χ3v) is 5.73. The van der Waals surface area contributed by atoms with E-state index in [0.29, 0.717) is 17.4 Å². The molecule has 1 atom stereocenters. The number of ether oxygens (including phenoxy) is 1. The molecular weight excluding hydrogens is 295 g/mol. The average molecular weight is 320 g/mol. The number of hydrogen-bond acceptors (Lipinski definition) is 5. The van der Waals surface area contributed by atoms with Gasteiger partial charge in [-0.2, -0.15) is 0 Å². The Hall–Kier alpha value is -1.27. The van der Waals surface area contributed by atoms with Crippen molar-refractivity contribution in [3.63, 3.8) is 0 Å². The number of halogens is 1. The molecule has 23 heavy (non-hydrogen) atoms. The van der Waals surface area contributed by atoms with Crippen molar-refractivity contribution in [1.29, 1.82) is 0 Å². The van der Waals surface area contributed by atoms with Gasteiger partial charge in [-0.25, -0.2) is 14.4 Å². The zero-order chi connectivity index (χ0) is 15.7. The van der Waals surface area contributed by atoms with Crippen LogP contribution in [0.4, 0.5) is 10.3 Å². The fraction of sp³-hybridized carbons (Fsp3) is 0.765. The van der Waals surface area contributed by atoms with Crippen LogP contribution in [0.15, 0.2) is 12.4 Å². The van der Waals surface area contributed by atoms with Crippen LogP contribution in [0, 0.1) is 11.2 Å². The topological polar surface area (TPSA) is 41.5 Å². The van der Waals surface area contributed by atoms with Crippen LogP contribution < -0.4 is 4.90 Å². The van der Waals surface area contributed by atoms with Gasteiger partial charge in [-0.05, 0) is 38.6 Å². The summed E-state index contributed by atoms with van der Waals surface area (Å²) < 4.78 is 18.5. The van der Waals surface area contributed by atoms with Crippen LogP contribution in [0.25, 0.3) is 0 Å². The third kappa shape index (κ3) is 3.19. The Morgan fingerprint density at radius 2 is 1.87 bits per heavy atom. The molecular formula is C17H25FN4O. The highest BCUT2D eigenvalue weighted by atomic mass is 19.1. The molecule has 0 saturated carbocycles. The van der Waals surface area contributed by atoms with Gasteiger partial charge in [-0.1, -0.05) is 0 Å². The van der Waals surface area contributed by atoms with Gasteiger partial charge in [0.2, 0.25) is 5.95 Å². The minimum Gasteiger partial charge on any atom is -0.381 e. The van der Waals surface area contributed by atoms with Crippen molar-refractivity contribution in [1.82, 2.24) is 14.9 Å². The molecule has 6 heteroatoms. The number of hydrogen-bond donors (Lipinski definition) is 0. The fourth-order valence-corrected chi connectivity index (χ4v) is 4.51. The van der Waals surface area contributed by atoms with Crippen molar-refractivity contribution in [2.75, 3.05) is 44.3 Å². The zero-order valence-electron chi connectivity index (χ0n) is 13.6. The highest BCUT2D eigenvalue weighted by Crippen LogP contribution is 2.41. The van der Waals surface area contributed by atoms with E-state index >= 15 is 0 Å². The van der Waals surface area contributed by atoms with Gasteiger partial charge in [0.15, 0.2) is 5.82 Å². The second-order valence-corrected chi connectivity index (χ2v) is 7.29. The quantitative estimate of drug-likeness (QED) is 0.834. The first-order valence-corrected chi connectivity index (χ1v) is 8.78. The van der Waals surface area contributed by atoms with Crippen LogP contribution in [-0.4, -0.2) is 60.3 Å². The van der Waals surface area contributed by atoms with Crippen LogP contribution in [0.1, 0.15) is 32.1 Å². The van der Waals surface area contributed by atoms with E-state index in [1.807, 2.05) is 0 Å². The van der Waals surface area contributed by atoms with Crippen molar-refractivity contribution >= 4 is 5.95 Å². The average Bonchev–Trinajstić information content (AvgIpc) is 3.00. The molecule has 1 aromatic heterocycles. The summed E-state index contributed by atoms with van der Waals surface area (Å²) >= 11 is 0. The molecule has 4 rings (SSSR count). The van der Waals surface area contributed by atoms with Gasteiger partial charge in [-0.3, -0.25) is 4.90 Å². The van der Waals surface area contributed by atoms with Gasteiger partial charge >= 0.3 is 0 Å². The Kier molecular flexibility index (Phi) is 4.20. The Labute approximate surface area is 136 Å². The Morgan fingerprint density at radius 3 is 2.65 bits per heavy atom. The summed E-state index contributed by atoms with van der Waals surface area (Å²) in [5.41, 5.74) is 0.355. The minimum absolute atomic E-state index is 0.355. The van der Waals surface area contributed by atoms with Gasteiger partial charge in [-0.15, -0.1) is 0 Å². The molecule has 126 valence electrons. The van der Waals surface area contributed by atoms with Gasteiger partial charge in [0.05, 0.1) is 12.4 Å². The van der Waals surface area contributed by atoms with Crippen molar-refractivity contribution < 1.29 is 9.13 Å². The SMILES string of the molecule is Fc1cnc(N2CCC[C@@]3(CCN(C4CCOCC4)C3)C2)nc1. The lowest BCUT2D eigenvalue weighted by molar-refractivity contribution is 0.0375. The Morgan fingerprint density at radius 1 is 1.09 bits per heavy atom. The maximum Gasteiger partial charge on any atom is 0.225 e. The van der Waals surface area contributed by atoms with Gasteiger partial charge in [0.1, 0.15) is 0 Å². The van der Waals surface area contributed by atoms with E-state index in [4.69, 9.17) is 4.74 Å². The summed E-state index contributed by atoms with van der Waals surface area (Å²) in [6.07, 6.45) is 8.58. The molecule has 4 heterocycles. The van der Waals surface area contributed by atoms with Gasteiger partial charge in [0.25, 0.3) is 0 Å².